The Morgan fingerprint density at radius 1 is 1.06 bits per heavy atom. The van der Waals surface area contributed by atoms with Crippen molar-refractivity contribution >= 4 is 23.2 Å². The number of rotatable bonds is 1. The molecule has 1 aromatic carbocycles. The monoisotopic (exact) mass is 255 g/mol. The summed E-state index contributed by atoms with van der Waals surface area (Å²) in [7, 11) is 0. The summed E-state index contributed by atoms with van der Waals surface area (Å²) in [6.45, 7) is 2.06. The van der Waals surface area contributed by atoms with Crippen molar-refractivity contribution in [1.82, 2.24) is 5.32 Å². The molecule has 1 aromatic rings. The first-order valence-electron chi connectivity index (χ1n) is 5.82. The van der Waals surface area contributed by atoms with E-state index in [9.17, 15) is 0 Å². The van der Waals surface area contributed by atoms with Gasteiger partial charge >= 0.3 is 0 Å². The minimum atomic E-state index is -0.559. The fourth-order valence-corrected chi connectivity index (χ4v) is 4.33. The Labute approximate surface area is 106 Å². The highest BCUT2D eigenvalue weighted by molar-refractivity contribution is 6.52. The van der Waals surface area contributed by atoms with Crippen LogP contribution in [-0.2, 0) is 0 Å². The number of piperidine rings is 1. The van der Waals surface area contributed by atoms with E-state index >= 15 is 0 Å². The summed E-state index contributed by atoms with van der Waals surface area (Å²) < 4.78 is -0.559. The van der Waals surface area contributed by atoms with E-state index in [2.05, 4.69) is 29.6 Å². The summed E-state index contributed by atoms with van der Waals surface area (Å²) >= 11 is 13.0. The summed E-state index contributed by atoms with van der Waals surface area (Å²) in [6.07, 6.45) is 2.17. The number of halogens is 2. The molecule has 2 aliphatic rings. The summed E-state index contributed by atoms with van der Waals surface area (Å²) in [5.41, 5.74) is 1.40. The fourth-order valence-electron chi connectivity index (χ4n) is 3.18. The lowest BCUT2D eigenvalue weighted by Crippen LogP contribution is -2.31. The summed E-state index contributed by atoms with van der Waals surface area (Å²) in [5.74, 6) is 0.312. The van der Waals surface area contributed by atoms with Crippen molar-refractivity contribution in [1.29, 1.82) is 0 Å². The molecule has 86 valence electrons. The lowest BCUT2D eigenvalue weighted by Gasteiger charge is -2.24. The molecule has 1 aliphatic heterocycles. The molecule has 1 heterocycles. The van der Waals surface area contributed by atoms with Gasteiger partial charge in [0.1, 0.15) is 4.33 Å². The Hall–Kier alpha value is -0.240. The molecule has 1 saturated heterocycles. The van der Waals surface area contributed by atoms with Gasteiger partial charge in [-0.3, -0.25) is 0 Å². The fraction of sp³-hybridized carbons (Fsp3) is 0.538. The highest BCUT2D eigenvalue weighted by Gasteiger charge is 2.75. The molecule has 0 radical (unpaired) electrons. The van der Waals surface area contributed by atoms with E-state index in [0.717, 1.165) is 25.9 Å². The first-order chi connectivity index (χ1) is 7.68. The standard InChI is InChI=1S/C13H15Cl2N/c14-13(15)11(10-4-2-1-3-5-10)12(13)6-8-16-9-7-12/h1-5,11,16H,6-9H2/t11-/m1/s1. The molecule has 0 aromatic heterocycles. The zero-order chi connectivity index (χ0) is 11.2. The molecule has 1 N–H and O–H groups in total. The number of benzene rings is 1. The van der Waals surface area contributed by atoms with E-state index in [1.807, 2.05) is 6.07 Å². The van der Waals surface area contributed by atoms with Gasteiger partial charge in [-0.1, -0.05) is 30.3 Å². The second-order valence-electron chi connectivity index (χ2n) is 4.87. The van der Waals surface area contributed by atoms with E-state index in [0.29, 0.717) is 5.92 Å². The molecular weight excluding hydrogens is 241 g/mol. The van der Waals surface area contributed by atoms with Crippen LogP contribution in [0.15, 0.2) is 30.3 Å². The summed E-state index contributed by atoms with van der Waals surface area (Å²) in [4.78, 5) is 0. The molecular formula is C13H15Cl2N. The van der Waals surface area contributed by atoms with Gasteiger partial charge in [-0.15, -0.1) is 23.2 Å². The largest absolute Gasteiger partial charge is 0.317 e. The van der Waals surface area contributed by atoms with Crippen LogP contribution in [0.2, 0.25) is 0 Å². The number of alkyl halides is 2. The van der Waals surface area contributed by atoms with Crippen molar-refractivity contribution in [3.05, 3.63) is 35.9 Å². The zero-order valence-corrected chi connectivity index (χ0v) is 10.6. The van der Waals surface area contributed by atoms with E-state index in [1.165, 1.54) is 5.56 Å². The Kier molecular flexibility index (Phi) is 2.47. The maximum Gasteiger partial charge on any atom is 0.132 e. The van der Waals surface area contributed by atoms with Gasteiger partial charge in [0, 0.05) is 11.3 Å². The molecule has 1 atom stereocenters. The van der Waals surface area contributed by atoms with Gasteiger partial charge in [0.25, 0.3) is 0 Å². The van der Waals surface area contributed by atoms with Crippen LogP contribution in [0.3, 0.4) is 0 Å². The van der Waals surface area contributed by atoms with Crippen LogP contribution >= 0.6 is 23.2 Å². The van der Waals surface area contributed by atoms with E-state index < -0.39 is 4.33 Å². The summed E-state index contributed by atoms with van der Waals surface area (Å²) in [5, 5.41) is 3.37. The van der Waals surface area contributed by atoms with E-state index in [4.69, 9.17) is 23.2 Å². The normalized spacial score (nSPS) is 30.2. The third-order valence-corrected chi connectivity index (χ3v) is 5.31. The van der Waals surface area contributed by atoms with Crippen LogP contribution in [0.25, 0.3) is 0 Å². The van der Waals surface area contributed by atoms with Crippen molar-refractivity contribution in [2.75, 3.05) is 13.1 Å². The van der Waals surface area contributed by atoms with Crippen molar-refractivity contribution in [3.63, 3.8) is 0 Å². The maximum atomic E-state index is 6.51. The predicted octanol–water partition coefficient (Wildman–Crippen LogP) is 3.33. The van der Waals surface area contributed by atoms with Gasteiger partial charge in [-0.05, 0) is 31.5 Å². The summed E-state index contributed by atoms with van der Waals surface area (Å²) in [6, 6.07) is 10.4. The zero-order valence-electron chi connectivity index (χ0n) is 9.05. The molecule has 3 heteroatoms. The molecule has 1 nitrogen and oxygen atoms in total. The first kappa shape index (κ1) is 10.9. The highest BCUT2D eigenvalue weighted by Crippen LogP contribution is 2.77. The van der Waals surface area contributed by atoms with Crippen molar-refractivity contribution < 1.29 is 0 Å². The minimum absolute atomic E-state index is 0.114. The minimum Gasteiger partial charge on any atom is -0.317 e. The molecule has 1 spiro atoms. The predicted molar refractivity (Wildman–Crippen MR) is 68.2 cm³/mol. The van der Waals surface area contributed by atoms with Crippen LogP contribution in [-0.4, -0.2) is 17.4 Å². The van der Waals surface area contributed by atoms with Crippen LogP contribution in [0.4, 0.5) is 0 Å². The Balaban J connectivity index is 1.93. The van der Waals surface area contributed by atoms with Crippen molar-refractivity contribution in [3.8, 4) is 0 Å². The van der Waals surface area contributed by atoms with Crippen molar-refractivity contribution in [2.24, 2.45) is 5.41 Å². The number of hydrogen-bond donors (Lipinski definition) is 1. The molecule has 1 aliphatic carbocycles. The topological polar surface area (TPSA) is 12.0 Å². The molecule has 1 saturated carbocycles. The number of nitrogens with one attached hydrogen (secondary N) is 1. The van der Waals surface area contributed by atoms with E-state index in [1.54, 1.807) is 0 Å². The van der Waals surface area contributed by atoms with Crippen LogP contribution in [0.5, 0.6) is 0 Å². The first-order valence-corrected chi connectivity index (χ1v) is 6.57. The Morgan fingerprint density at radius 3 is 2.31 bits per heavy atom. The van der Waals surface area contributed by atoms with Crippen LogP contribution in [0, 0.1) is 5.41 Å². The molecule has 0 amide bonds. The second-order valence-corrected chi connectivity index (χ2v) is 6.26. The van der Waals surface area contributed by atoms with Gasteiger partial charge in [0.05, 0.1) is 0 Å². The maximum absolute atomic E-state index is 6.51. The molecule has 16 heavy (non-hydrogen) atoms. The lowest BCUT2D eigenvalue weighted by molar-refractivity contribution is 0.338. The lowest BCUT2D eigenvalue weighted by atomic mass is 9.89. The molecule has 0 unspecified atom stereocenters. The third-order valence-electron chi connectivity index (χ3n) is 4.12. The molecule has 2 fully saturated rings. The van der Waals surface area contributed by atoms with Gasteiger partial charge in [-0.2, -0.15) is 0 Å². The highest BCUT2D eigenvalue weighted by atomic mass is 35.5. The van der Waals surface area contributed by atoms with Gasteiger partial charge in [0.2, 0.25) is 0 Å². The smallest absolute Gasteiger partial charge is 0.132 e. The van der Waals surface area contributed by atoms with Crippen molar-refractivity contribution in [2.45, 2.75) is 23.1 Å². The quantitative estimate of drug-likeness (QED) is 0.760. The van der Waals surface area contributed by atoms with Gasteiger partial charge < -0.3 is 5.32 Å². The second kappa shape index (κ2) is 3.63. The van der Waals surface area contributed by atoms with Crippen LogP contribution < -0.4 is 5.32 Å². The average molecular weight is 256 g/mol. The third kappa shape index (κ3) is 1.35. The number of hydrogen-bond acceptors (Lipinski definition) is 1. The van der Waals surface area contributed by atoms with E-state index in [-0.39, 0.29) is 5.41 Å². The average Bonchev–Trinajstić information content (AvgIpc) is 2.76. The Morgan fingerprint density at radius 2 is 1.69 bits per heavy atom. The molecule has 0 bridgehead atoms. The Bertz CT molecular complexity index is 382. The van der Waals surface area contributed by atoms with Gasteiger partial charge in [0.15, 0.2) is 0 Å². The SMILES string of the molecule is ClC1(Cl)[C@H](c2ccccc2)C12CCNCC2. The van der Waals surface area contributed by atoms with Gasteiger partial charge in [-0.25, -0.2) is 0 Å². The molecule has 3 rings (SSSR count). The van der Waals surface area contributed by atoms with Crippen LogP contribution in [0.1, 0.15) is 24.3 Å².